The van der Waals surface area contributed by atoms with Gasteiger partial charge in [-0.25, -0.2) is 0 Å². The number of alkyl halides is 1. The average Bonchev–Trinajstić information content (AvgIpc) is 2.23. The van der Waals surface area contributed by atoms with Gasteiger partial charge in [0.1, 0.15) is 0 Å². The minimum absolute atomic E-state index is 0.212. The maximum absolute atomic E-state index is 11.4. The maximum Gasteiger partial charge on any atom is 0.227 e. The van der Waals surface area contributed by atoms with Crippen molar-refractivity contribution in [3.8, 4) is 0 Å². The number of hydrogen-bond donors (Lipinski definition) is 0. The van der Waals surface area contributed by atoms with Crippen LogP contribution in [0.25, 0.3) is 0 Å². The molecule has 3 heteroatoms. The van der Waals surface area contributed by atoms with E-state index in [1.54, 1.807) is 4.90 Å². The highest BCUT2D eigenvalue weighted by Gasteiger charge is 2.20. The Hall–Kier alpha value is -0.830. The molecule has 1 amide bonds. The summed E-state index contributed by atoms with van der Waals surface area (Å²) in [4.78, 5) is 13.2. The highest BCUT2D eigenvalue weighted by atomic mass is 79.9. The van der Waals surface area contributed by atoms with Gasteiger partial charge in [0.25, 0.3) is 0 Å². The third-order valence-corrected chi connectivity index (χ3v) is 3.29. The third-order valence-electron chi connectivity index (χ3n) is 2.64. The molecule has 0 spiro atoms. The van der Waals surface area contributed by atoms with Crippen molar-refractivity contribution in [2.45, 2.75) is 18.2 Å². The van der Waals surface area contributed by atoms with Gasteiger partial charge >= 0.3 is 0 Å². The van der Waals surface area contributed by atoms with E-state index in [9.17, 15) is 4.79 Å². The van der Waals surface area contributed by atoms with Gasteiger partial charge in [0.2, 0.25) is 5.91 Å². The van der Waals surface area contributed by atoms with Crippen LogP contribution in [0, 0.1) is 0 Å². The molecular formula is C11H12BrNO. The van der Waals surface area contributed by atoms with Crippen LogP contribution in [0.2, 0.25) is 0 Å². The normalized spacial score (nSPS) is 15.6. The molecule has 0 aromatic heterocycles. The summed E-state index contributed by atoms with van der Waals surface area (Å²) in [5, 5.41) is 0.873. The number of rotatable bonds is 1. The molecule has 2 nitrogen and oxygen atoms in total. The monoisotopic (exact) mass is 253 g/mol. The van der Waals surface area contributed by atoms with Crippen LogP contribution in [0.3, 0.4) is 0 Å². The first kappa shape index (κ1) is 9.71. The summed E-state index contributed by atoms with van der Waals surface area (Å²) >= 11 is 3.43. The van der Waals surface area contributed by atoms with Gasteiger partial charge in [-0.2, -0.15) is 0 Å². The van der Waals surface area contributed by atoms with E-state index in [1.807, 2.05) is 13.1 Å². The lowest BCUT2D eigenvalue weighted by atomic mass is 10.00. The Bertz CT molecular complexity index is 376. The maximum atomic E-state index is 11.4. The second-order valence-electron chi connectivity index (χ2n) is 3.55. The fourth-order valence-electron chi connectivity index (χ4n) is 1.79. The van der Waals surface area contributed by atoms with E-state index in [0.29, 0.717) is 6.42 Å². The number of amides is 1. The number of anilines is 1. The zero-order valence-corrected chi connectivity index (χ0v) is 9.67. The quantitative estimate of drug-likeness (QED) is 0.705. The molecule has 0 radical (unpaired) electrons. The summed E-state index contributed by atoms with van der Waals surface area (Å²) in [5.74, 6) is 0.212. The Labute approximate surface area is 92.0 Å². The number of carbonyl (C=O) groups is 1. The van der Waals surface area contributed by atoms with Gasteiger partial charge in [0.05, 0.1) is 0 Å². The Morgan fingerprint density at radius 2 is 2.21 bits per heavy atom. The van der Waals surface area contributed by atoms with E-state index in [4.69, 9.17) is 0 Å². The van der Waals surface area contributed by atoms with Crippen molar-refractivity contribution >= 4 is 27.5 Å². The van der Waals surface area contributed by atoms with Gasteiger partial charge in [-0.1, -0.05) is 28.1 Å². The molecule has 1 aromatic rings. The highest BCUT2D eigenvalue weighted by Crippen LogP contribution is 2.27. The third kappa shape index (κ3) is 1.57. The molecule has 0 fully saturated rings. The number of carbonyl (C=O) groups excluding carboxylic acids is 1. The van der Waals surface area contributed by atoms with E-state index in [1.165, 1.54) is 11.1 Å². The van der Waals surface area contributed by atoms with E-state index in [0.717, 1.165) is 17.4 Å². The van der Waals surface area contributed by atoms with Crippen molar-refractivity contribution in [1.82, 2.24) is 0 Å². The second kappa shape index (κ2) is 3.73. The predicted molar refractivity (Wildman–Crippen MR) is 60.8 cm³/mol. The zero-order valence-electron chi connectivity index (χ0n) is 8.09. The van der Waals surface area contributed by atoms with Crippen molar-refractivity contribution < 1.29 is 4.79 Å². The summed E-state index contributed by atoms with van der Waals surface area (Å²) in [6, 6.07) is 6.26. The Kier molecular flexibility index (Phi) is 2.59. The van der Waals surface area contributed by atoms with E-state index in [-0.39, 0.29) is 5.91 Å². The molecule has 0 unspecified atom stereocenters. The van der Waals surface area contributed by atoms with Crippen LogP contribution in [0.15, 0.2) is 18.2 Å². The first-order valence-corrected chi connectivity index (χ1v) is 5.79. The fourth-order valence-corrected chi connectivity index (χ4v) is 2.14. The summed E-state index contributed by atoms with van der Waals surface area (Å²) in [5.41, 5.74) is 3.61. The lowest BCUT2D eigenvalue weighted by Gasteiger charge is -2.25. The topological polar surface area (TPSA) is 20.3 Å². The molecule has 0 saturated carbocycles. The summed E-state index contributed by atoms with van der Waals surface area (Å²) in [7, 11) is 1.84. The molecule has 1 aromatic carbocycles. The van der Waals surface area contributed by atoms with Crippen molar-refractivity contribution in [2.75, 3.05) is 11.9 Å². The number of benzene rings is 1. The number of nitrogens with zero attached hydrogens (tertiary/aromatic N) is 1. The molecule has 0 aliphatic carbocycles. The van der Waals surface area contributed by atoms with Gasteiger partial charge < -0.3 is 4.90 Å². The molecule has 1 aliphatic rings. The molecule has 0 saturated heterocycles. The minimum Gasteiger partial charge on any atom is -0.315 e. The molecule has 14 heavy (non-hydrogen) atoms. The van der Waals surface area contributed by atoms with Gasteiger partial charge in [-0.3, -0.25) is 4.79 Å². The van der Waals surface area contributed by atoms with Crippen molar-refractivity contribution in [3.05, 3.63) is 29.3 Å². The summed E-state index contributed by atoms with van der Waals surface area (Å²) in [6.07, 6.45) is 1.51. The number of aryl methyl sites for hydroxylation is 1. The van der Waals surface area contributed by atoms with E-state index < -0.39 is 0 Å². The molecule has 0 atom stereocenters. The standard InChI is InChI=1S/C11H12BrNO/c1-13-10-4-2-8(7-12)6-9(10)3-5-11(13)14/h2,4,6H,3,5,7H2,1H3. The highest BCUT2D eigenvalue weighted by molar-refractivity contribution is 9.08. The molecule has 0 bridgehead atoms. The van der Waals surface area contributed by atoms with Crippen LogP contribution in [-0.2, 0) is 16.5 Å². The summed E-state index contributed by atoms with van der Waals surface area (Å²) < 4.78 is 0. The molecule has 1 heterocycles. The van der Waals surface area contributed by atoms with Crippen LogP contribution >= 0.6 is 15.9 Å². The van der Waals surface area contributed by atoms with Crippen LogP contribution in [0.1, 0.15) is 17.5 Å². The summed E-state index contributed by atoms with van der Waals surface area (Å²) in [6.45, 7) is 0. The van der Waals surface area contributed by atoms with Gasteiger partial charge in [0.15, 0.2) is 0 Å². The molecule has 2 rings (SSSR count). The predicted octanol–water partition coefficient (Wildman–Crippen LogP) is 2.49. The fraction of sp³-hybridized carbons (Fsp3) is 0.364. The lowest BCUT2D eigenvalue weighted by molar-refractivity contribution is -0.118. The van der Waals surface area contributed by atoms with Crippen molar-refractivity contribution in [1.29, 1.82) is 0 Å². The van der Waals surface area contributed by atoms with Crippen LogP contribution < -0.4 is 4.90 Å². The van der Waals surface area contributed by atoms with E-state index in [2.05, 4.69) is 28.1 Å². The molecule has 1 aliphatic heterocycles. The Balaban J connectivity index is 2.43. The first-order chi connectivity index (χ1) is 6.72. The van der Waals surface area contributed by atoms with Crippen molar-refractivity contribution in [3.63, 3.8) is 0 Å². The zero-order chi connectivity index (χ0) is 10.1. The van der Waals surface area contributed by atoms with Gasteiger partial charge in [0, 0.05) is 24.5 Å². The Morgan fingerprint density at radius 3 is 2.93 bits per heavy atom. The van der Waals surface area contributed by atoms with Crippen LogP contribution in [0.4, 0.5) is 5.69 Å². The van der Waals surface area contributed by atoms with Crippen LogP contribution in [-0.4, -0.2) is 13.0 Å². The second-order valence-corrected chi connectivity index (χ2v) is 4.11. The minimum atomic E-state index is 0.212. The van der Waals surface area contributed by atoms with Crippen molar-refractivity contribution in [2.24, 2.45) is 0 Å². The van der Waals surface area contributed by atoms with Gasteiger partial charge in [-0.05, 0) is 23.6 Å². The molecule has 0 N–H and O–H groups in total. The smallest absolute Gasteiger partial charge is 0.227 e. The van der Waals surface area contributed by atoms with E-state index >= 15 is 0 Å². The SMILES string of the molecule is CN1C(=O)CCc2cc(CBr)ccc21. The Morgan fingerprint density at radius 1 is 1.43 bits per heavy atom. The number of fused-ring (bicyclic) bond motifs is 1. The largest absolute Gasteiger partial charge is 0.315 e. The lowest BCUT2D eigenvalue weighted by Crippen LogP contribution is -2.31. The first-order valence-electron chi connectivity index (χ1n) is 4.66. The van der Waals surface area contributed by atoms with Gasteiger partial charge in [-0.15, -0.1) is 0 Å². The number of halogens is 1. The molecule has 74 valence electrons. The number of hydrogen-bond acceptors (Lipinski definition) is 1. The van der Waals surface area contributed by atoms with Crippen LogP contribution in [0.5, 0.6) is 0 Å². The average molecular weight is 254 g/mol. The molecular weight excluding hydrogens is 242 g/mol.